The van der Waals surface area contributed by atoms with E-state index >= 15 is 0 Å². The van der Waals surface area contributed by atoms with Gasteiger partial charge in [-0.15, -0.1) is 0 Å². The van der Waals surface area contributed by atoms with Gasteiger partial charge in [-0.25, -0.2) is 9.37 Å². The number of aromatic nitrogens is 2. The molecule has 0 fully saturated rings. The van der Waals surface area contributed by atoms with Gasteiger partial charge < -0.3 is 10.7 Å². The Balaban J connectivity index is 2.41. The van der Waals surface area contributed by atoms with Crippen molar-refractivity contribution in [3.63, 3.8) is 0 Å². The van der Waals surface area contributed by atoms with E-state index in [4.69, 9.17) is 17.3 Å². The minimum atomic E-state index is -0.282. The summed E-state index contributed by atoms with van der Waals surface area (Å²) in [5, 5.41) is 0.358. The lowest BCUT2D eigenvalue weighted by atomic mass is 10.2. The van der Waals surface area contributed by atoms with Crippen LogP contribution in [-0.2, 0) is 6.54 Å². The molecule has 1 heterocycles. The molecule has 0 aliphatic carbocycles. The summed E-state index contributed by atoms with van der Waals surface area (Å²) in [4.78, 5) is 7.07. The van der Waals surface area contributed by atoms with Gasteiger partial charge in [-0.1, -0.05) is 11.6 Å². The number of nitrogens with zero attached hydrogens (tertiary/aromatic N) is 1. The van der Waals surface area contributed by atoms with Crippen molar-refractivity contribution < 1.29 is 4.39 Å². The first kappa shape index (κ1) is 10.1. The fourth-order valence-electron chi connectivity index (χ4n) is 1.27. The highest BCUT2D eigenvalue weighted by atomic mass is 35.5. The van der Waals surface area contributed by atoms with Crippen LogP contribution in [0.15, 0.2) is 24.3 Å². The molecule has 1 aromatic carbocycles. The topological polar surface area (TPSA) is 54.7 Å². The summed E-state index contributed by atoms with van der Waals surface area (Å²) in [6, 6.07) is 6.00. The van der Waals surface area contributed by atoms with E-state index in [9.17, 15) is 4.39 Å². The van der Waals surface area contributed by atoms with E-state index in [2.05, 4.69) is 9.97 Å². The third kappa shape index (κ3) is 2.00. The summed E-state index contributed by atoms with van der Waals surface area (Å²) in [5.41, 5.74) is 6.90. The van der Waals surface area contributed by atoms with Gasteiger partial charge in [0.15, 0.2) is 5.15 Å². The number of halogens is 2. The number of imidazole rings is 1. The van der Waals surface area contributed by atoms with Crippen LogP contribution in [0.3, 0.4) is 0 Å². The minimum Gasteiger partial charge on any atom is -0.339 e. The maximum atomic E-state index is 12.7. The van der Waals surface area contributed by atoms with E-state index in [1.54, 1.807) is 12.1 Å². The third-order valence-corrected chi connectivity index (χ3v) is 2.36. The van der Waals surface area contributed by atoms with Crippen molar-refractivity contribution in [1.29, 1.82) is 0 Å². The molecule has 0 aliphatic heterocycles. The van der Waals surface area contributed by atoms with Crippen molar-refractivity contribution in [2.75, 3.05) is 0 Å². The Morgan fingerprint density at radius 3 is 2.53 bits per heavy atom. The average Bonchev–Trinajstić information content (AvgIpc) is 2.61. The van der Waals surface area contributed by atoms with Gasteiger partial charge in [-0.3, -0.25) is 0 Å². The molecule has 5 heteroatoms. The van der Waals surface area contributed by atoms with Gasteiger partial charge in [0.1, 0.15) is 11.6 Å². The molecule has 0 saturated heterocycles. The lowest BCUT2D eigenvalue weighted by molar-refractivity contribution is 0.628. The molecule has 3 N–H and O–H groups in total. The van der Waals surface area contributed by atoms with Crippen molar-refractivity contribution in [3.05, 3.63) is 40.9 Å². The van der Waals surface area contributed by atoms with E-state index in [0.29, 0.717) is 23.2 Å². The SMILES string of the molecule is NCc1[nH]c(-c2ccc(F)cc2)nc1Cl. The maximum absolute atomic E-state index is 12.7. The summed E-state index contributed by atoms with van der Waals surface area (Å²) in [6.45, 7) is 0.299. The molecule has 0 radical (unpaired) electrons. The first-order valence-electron chi connectivity index (χ1n) is 4.41. The molecular formula is C10H9ClFN3. The zero-order valence-electron chi connectivity index (χ0n) is 7.80. The van der Waals surface area contributed by atoms with Crippen LogP contribution in [0.4, 0.5) is 4.39 Å². The van der Waals surface area contributed by atoms with Crippen LogP contribution in [0.1, 0.15) is 5.69 Å². The number of nitrogens with one attached hydrogen (secondary N) is 1. The van der Waals surface area contributed by atoms with Crippen LogP contribution in [0.5, 0.6) is 0 Å². The highest BCUT2D eigenvalue weighted by Crippen LogP contribution is 2.21. The highest BCUT2D eigenvalue weighted by molar-refractivity contribution is 6.30. The Morgan fingerprint density at radius 1 is 1.33 bits per heavy atom. The average molecular weight is 226 g/mol. The van der Waals surface area contributed by atoms with E-state index in [-0.39, 0.29) is 5.82 Å². The second kappa shape index (κ2) is 4.00. The van der Waals surface area contributed by atoms with Gasteiger partial charge in [-0.05, 0) is 24.3 Å². The van der Waals surface area contributed by atoms with Crippen molar-refractivity contribution in [2.24, 2.45) is 5.73 Å². The number of aromatic amines is 1. The molecule has 0 atom stereocenters. The zero-order chi connectivity index (χ0) is 10.8. The maximum Gasteiger partial charge on any atom is 0.152 e. The molecule has 0 aliphatic rings. The van der Waals surface area contributed by atoms with Gasteiger partial charge in [-0.2, -0.15) is 0 Å². The monoisotopic (exact) mass is 225 g/mol. The summed E-state index contributed by atoms with van der Waals surface area (Å²) < 4.78 is 12.7. The Morgan fingerprint density at radius 2 is 2.00 bits per heavy atom. The normalized spacial score (nSPS) is 10.6. The van der Waals surface area contributed by atoms with Gasteiger partial charge >= 0.3 is 0 Å². The molecule has 0 bridgehead atoms. The van der Waals surface area contributed by atoms with Crippen LogP contribution < -0.4 is 5.73 Å². The standard InChI is InChI=1S/C10H9ClFN3/c11-9-8(5-13)14-10(15-9)6-1-3-7(12)4-2-6/h1-4H,5,13H2,(H,14,15). The third-order valence-electron chi connectivity index (χ3n) is 2.05. The fourth-order valence-corrected chi connectivity index (χ4v) is 1.48. The lowest BCUT2D eigenvalue weighted by Crippen LogP contribution is -1.96. The molecule has 0 spiro atoms. The van der Waals surface area contributed by atoms with Crippen molar-refractivity contribution in [2.45, 2.75) is 6.54 Å². The lowest BCUT2D eigenvalue weighted by Gasteiger charge is -1.95. The van der Waals surface area contributed by atoms with E-state index < -0.39 is 0 Å². The quantitative estimate of drug-likeness (QED) is 0.824. The van der Waals surface area contributed by atoms with Gasteiger partial charge in [0.2, 0.25) is 0 Å². The molecule has 15 heavy (non-hydrogen) atoms. The minimum absolute atomic E-state index is 0.282. The summed E-state index contributed by atoms with van der Waals surface area (Å²) >= 11 is 5.83. The Kier molecular flexibility index (Phi) is 2.70. The number of hydrogen-bond acceptors (Lipinski definition) is 2. The van der Waals surface area contributed by atoms with Crippen molar-refractivity contribution >= 4 is 11.6 Å². The Hall–Kier alpha value is -1.39. The molecule has 2 aromatic rings. The van der Waals surface area contributed by atoms with Crippen molar-refractivity contribution in [3.8, 4) is 11.4 Å². The summed E-state index contributed by atoms with van der Waals surface area (Å²) in [6.07, 6.45) is 0. The molecule has 0 amide bonds. The number of rotatable bonds is 2. The van der Waals surface area contributed by atoms with Gasteiger partial charge in [0.25, 0.3) is 0 Å². The first-order chi connectivity index (χ1) is 7.20. The first-order valence-corrected chi connectivity index (χ1v) is 4.79. The molecule has 2 rings (SSSR count). The highest BCUT2D eigenvalue weighted by Gasteiger charge is 2.08. The molecule has 0 saturated carbocycles. The van der Waals surface area contributed by atoms with E-state index in [0.717, 1.165) is 5.56 Å². The molecular weight excluding hydrogens is 217 g/mol. The summed E-state index contributed by atoms with van der Waals surface area (Å²) in [5.74, 6) is 0.316. The van der Waals surface area contributed by atoms with E-state index in [1.807, 2.05) is 0 Å². The number of nitrogens with two attached hydrogens (primary N) is 1. The van der Waals surface area contributed by atoms with Crippen LogP contribution in [-0.4, -0.2) is 9.97 Å². The zero-order valence-corrected chi connectivity index (χ0v) is 8.55. The van der Waals surface area contributed by atoms with Crippen molar-refractivity contribution in [1.82, 2.24) is 9.97 Å². The van der Waals surface area contributed by atoms with Crippen LogP contribution >= 0.6 is 11.6 Å². The molecule has 78 valence electrons. The number of benzene rings is 1. The molecule has 3 nitrogen and oxygen atoms in total. The molecule has 0 unspecified atom stereocenters. The second-order valence-electron chi connectivity index (χ2n) is 3.07. The van der Waals surface area contributed by atoms with E-state index in [1.165, 1.54) is 12.1 Å². The largest absolute Gasteiger partial charge is 0.339 e. The Labute approximate surface area is 91.1 Å². The predicted molar refractivity (Wildman–Crippen MR) is 56.9 cm³/mol. The number of H-pyrrole nitrogens is 1. The van der Waals surface area contributed by atoms with Crippen LogP contribution in [0.25, 0.3) is 11.4 Å². The second-order valence-corrected chi connectivity index (χ2v) is 3.42. The van der Waals surface area contributed by atoms with Gasteiger partial charge in [0, 0.05) is 12.1 Å². The molecule has 1 aromatic heterocycles. The predicted octanol–water partition coefficient (Wildman–Crippen LogP) is 2.33. The van der Waals surface area contributed by atoms with Crippen LogP contribution in [0.2, 0.25) is 5.15 Å². The fraction of sp³-hybridized carbons (Fsp3) is 0.100. The summed E-state index contributed by atoms with van der Waals surface area (Å²) in [7, 11) is 0. The number of hydrogen-bond donors (Lipinski definition) is 2. The van der Waals surface area contributed by atoms with Gasteiger partial charge in [0.05, 0.1) is 5.69 Å². The smallest absolute Gasteiger partial charge is 0.152 e. The Bertz CT molecular complexity index is 464. The van der Waals surface area contributed by atoms with Crippen LogP contribution in [0, 0.1) is 5.82 Å².